The molecule has 0 bridgehead atoms. The number of aromatic nitrogens is 1. The number of likely N-dealkylation sites (tertiary alicyclic amines) is 1. The van der Waals surface area contributed by atoms with Gasteiger partial charge in [0.05, 0.1) is 6.04 Å². The highest BCUT2D eigenvalue weighted by atomic mass is 16.2. The molecule has 0 aliphatic carbocycles. The van der Waals surface area contributed by atoms with Gasteiger partial charge in [0.2, 0.25) is 5.56 Å². The molecule has 21 heavy (non-hydrogen) atoms. The fourth-order valence-electron chi connectivity index (χ4n) is 3.02. The lowest BCUT2D eigenvalue weighted by atomic mass is 10.0. The van der Waals surface area contributed by atoms with Gasteiger partial charge in [-0.05, 0) is 43.0 Å². The minimum atomic E-state index is -0.102. The van der Waals surface area contributed by atoms with Gasteiger partial charge < -0.3 is 9.88 Å². The van der Waals surface area contributed by atoms with Crippen molar-refractivity contribution in [3.63, 3.8) is 0 Å². The normalized spacial score (nSPS) is 18.0. The van der Waals surface area contributed by atoms with Crippen molar-refractivity contribution in [2.24, 2.45) is 0 Å². The van der Waals surface area contributed by atoms with E-state index in [0.29, 0.717) is 5.56 Å². The van der Waals surface area contributed by atoms with Crippen molar-refractivity contribution >= 4 is 5.91 Å². The number of hydrogen-bond donors (Lipinski definition) is 1. The van der Waals surface area contributed by atoms with E-state index >= 15 is 0 Å². The van der Waals surface area contributed by atoms with Gasteiger partial charge in [0.15, 0.2) is 0 Å². The van der Waals surface area contributed by atoms with Gasteiger partial charge in [0.25, 0.3) is 5.91 Å². The van der Waals surface area contributed by atoms with Gasteiger partial charge in [-0.1, -0.05) is 18.2 Å². The zero-order valence-corrected chi connectivity index (χ0v) is 12.0. The first-order chi connectivity index (χ1) is 10.2. The highest BCUT2D eigenvalue weighted by Crippen LogP contribution is 2.33. The zero-order valence-electron chi connectivity index (χ0n) is 12.0. The van der Waals surface area contributed by atoms with E-state index in [1.54, 1.807) is 12.3 Å². The van der Waals surface area contributed by atoms with Gasteiger partial charge in [0, 0.05) is 24.4 Å². The molecular formula is C17H18N2O2. The van der Waals surface area contributed by atoms with Gasteiger partial charge in [-0.2, -0.15) is 0 Å². The molecule has 0 radical (unpaired) electrons. The number of hydrogen-bond acceptors (Lipinski definition) is 2. The van der Waals surface area contributed by atoms with Crippen molar-refractivity contribution < 1.29 is 4.79 Å². The maximum absolute atomic E-state index is 12.7. The van der Waals surface area contributed by atoms with E-state index in [1.807, 2.05) is 42.2 Å². The number of benzene rings is 1. The molecule has 1 aliphatic heterocycles. The Hall–Kier alpha value is -2.36. The summed E-state index contributed by atoms with van der Waals surface area (Å²) in [5.74, 6) is 0.0590. The summed E-state index contributed by atoms with van der Waals surface area (Å²) < 4.78 is 0. The molecule has 1 amide bonds. The van der Waals surface area contributed by atoms with Crippen LogP contribution in [0, 0.1) is 6.92 Å². The third-order valence-electron chi connectivity index (χ3n) is 4.07. The summed E-state index contributed by atoms with van der Waals surface area (Å²) in [6, 6.07) is 11.0. The highest BCUT2D eigenvalue weighted by Gasteiger charge is 2.31. The van der Waals surface area contributed by atoms with Gasteiger partial charge in [-0.25, -0.2) is 0 Å². The number of rotatable bonds is 2. The van der Waals surface area contributed by atoms with Crippen LogP contribution in [-0.4, -0.2) is 22.3 Å². The summed E-state index contributed by atoms with van der Waals surface area (Å²) in [6.45, 7) is 2.69. The summed E-state index contributed by atoms with van der Waals surface area (Å²) in [7, 11) is 0. The van der Waals surface area contributed by atoms with Crippen LogP contribution in [0.3, 0.4) is 0 Å². The van der Waals surface area contributed by atoms with Crippen molar-refractivity contribution in [3.05, 3.63) is 69.6 Å². The van der Waals surface area contributed by atoms with Crippen molar-refractivity contribution in [1.82, 2.24) is 9.88 Å². The van der Waals surface area contributed by atoms with E-state index < -0.39 is 0 Å². The van der Waals surface area contributed by atoms with Crippen molar-refractivity contribution in [3.8, 4) is 0 Å². The van der Waals surface area contributed by atoms with Crippen molar-refractivity contribution in [1.29, 1.82) is 0 Å². The molecule has 2 heterocycles. The Morgan fingerprint density at radius 3 is 2.76 bits per heavy atom. The summed E-state index contributed by atoms with van der Waals surface area (Å²) in [4.78, 5) is 28.7. The van der Waals surface area contributed by atoms with Crippen LogP contribution in [0.2, 0.25) is 0 Å². The van der Waals surface area contributed by atoms with Crippen LogP contribution in [0.1, 0.15) is 40.4 Å². The molecule has 2 aromatic rings. The number of amides is 1. The van der Waals surface area contributed by atoms with Crippen molar-refractivity contribution in [2.75, 3.05) is 6.54 Å². The first-order valence-electron chi connectivity index (χ1n) is 7.22. The van der Waals surface area contributed by atoms with Crippen LogP contribution in [0.5, 0.6) is 0 Å². The topological polar surface area (TPSA) is 53.2 Å². The van der Waals surface area contributed by atoms with Crippen LogP contribution in [0.4, 0.5) is 0 Å². The monoisotopic (exact) mass is 282 g/mol. The van der Waals surface area contributed by atoms with E-state index in [2.05, 4.69) is 4.98 Å². The molecule has 3 rings (SSSR count). The molecular weight excluding hydrogens is 264 g/mol. The van der Waals surface area contributed by atoms with E-state index in [-0.39, 0.29) is 17.5 Å². The molecule has 1 aromatic heterocycles. The molecule has 1 N–H and O–H groups in total. The molecule has 4 heteroatoms. The van der Waals surface area contributed by atoms with Crippen LogP contribution in [0.25, 0.3) is 0 Å². The lowest BCUT2D eigenvalue weighted by Crippen LogP contribution is -2.31. The maximum atomic E-state index is 12.7. The number of nitrogens with one attached hydrogen (secondary N) is 1. The van der Waals surface area contributed by atoms with Gasteiger partial charge in [0.1, 0.15) is 0 Å². The predicted molar refractivity (Wildman–Crippen MR) is 81.3 cm³/mol. The summed E-state index contributed by atoms with van der Waals surface area (Å²) in [5.41, 5.74) is 2.59. The molecule has 1 aliphatic rings. The maximum Gasteiger partial charge on any atom is 0.254 e. The minimum Gasteiger partial charge on any atom is -0.332 e. The Balaban J connectivity index is 1.92. The number of aromatic amines is 1. The predicted octanol–water partition coefficient (Wildman–Crippen LogP) is 2.66. The second-order valence-electron chi connectivity index (χ2n) is 5.46. The number of H-pyrrole nitrogens is 1. The van der Waals surface area contributed by atoms with E-state index in [1.165, 1.54) is 0 Å². The lowest BCUT2D eigenvalue weighted by molar-refractivity contribution is 0.0735. The average molecular weight is 282 g/mol. The van der Waals surface area contributed by atoms with Gasteiger partial charge in [-0.3, -0.25) is 9.59 Å². The third-order valence-corrected chi connectivity index (χ3v) is 4.07. The molecule has 4 nitrogen and oxygen atoms in total. The number of carbonyl (C=O) groups excluding carboxylic acids is 1. The molecule has 0 saturated carbocycles. The molecule has 108 valence electrons. The number of nitrogens with zero attached hydrogens (tertiary/aromatic N) is 1. The molecule has 0 spiro atoms. The Morgan fingerprint density at radius 1 is 1.29 bits per heavy atom. The van der Waals surface area contributed by atoms with Gasteiger partial charge >= 0.3 is 0 Å². The van der Waals surface area contributed by atoms with Crippen LogP contribution >= 0.6 is 0 Å². The largest absolute Gasteiger partial charge is 0.332 e. The Kier molecular flexibility index (Phi) is 3.60. The summed E-state index contributed by atoms with van der Waals surface area (Å²) >= 11 is 0. The first-order valence-corrected chi connectivity index (χ1v) is 7.22. The summed E-state index contributed by atoms with van der Waals surface area (Å²) in [6.07, 6.45) is 3.67. The molecule has 1 atom stereocenters. The number of carbonyl (C=O) groups is 1. The second-order valence-corrected chi connectivity index (χ2v) is 5.46. The van der Waals surface area contributed by atoms with Crippen LogP contribution in [-0.2, 0) is 0 Å². The highest BCUT2D eigenvalue weighted by molar-refractivity contribution is 5.94. The smallest absolute Gasteiger partial charge is 0.254 e. The zero-order chi connectivity index (χ0) is 14.8. The lowest BCUT2D eigenvalue weighted by Gasteiger charge is -2.26. The Labute approximate surface area is 123 Å². The average Bonchev–Trinajstić information content (AvgIpc) is 2.96. The second kappa shape index (κ2) is 5.56. The van der Waals surface area contributed by atoms with Gasteiger partial charge in [-0.15, -0.1) is 0 Å². The van der Waals surface area contributed by atoms with E-state index in [9.17, 15) is 9.59 Å². The first kappa shape index (κ1) is 13.6. The standard InChI is InChI=1S/C17H18N2O2/c1-12-10-16(20)18-11-14(12)15-8-5-9-19(15)17(21)13-6-3-2-4-7-13/h2-4,6-7,10-11,15H,5,8-9H2,1H3,(H,18,20)/t15-/m1/s1. The van der Waals surface area contributed by atoms with E-state index in [0.717, 1.165) is 30.5 Å². The fraction of sp³-hybridized carbons (Fsp3) is 0.294. The van der Waals surface area contributed by atoms with Crippen LogP contribution in [0.15, 0.2) is 47.4 Å². The SMILES string of the molecule is Cc1cc(=O)[nH]cc1[C@H]1CCCN1C(=O)c1ccccc1. The molecule has 1 saturated heterocycles. The number of aryl methyl sites for hydroxylation is 1. The third kappa shape index (κ3) is 2.61. The van der Waals surface area contributed by atoms with Crippen molar-refractivity contribution in [2.45, 2.75) is 25.8 Å². The van der Waals surface area contributed by atoms with Crippen LogP contribution < -0.4 is 5.56 Å². The Bertz CT molecular complexity index is 706. The summed E-state index contributed by atoms with van der Waals surface area (Å²) in [5, 5.41) is 0. The fourth-order valence-corrected chi connectivity index (χ4v) is 3.02. The molecule has 0 unspecified atom stereocenters. The number of pyridine rings is 1. The van der Waals surface area contributed by atoms with E-state index in [4.69, 9.17) is 0 Å². The molecule has 1 aromatic carbocycles. The quantitative estimate of drug-likeness (QED) is 0.920. The minimum absolute atomic E-state index is 0.0505. The Morgan fingerprint density at radius 2 is 2.05 bits per heavy atom. The molecule has 1 fully saturated rings.